The Hall–Kier alpha value is -2.18. The summed E-state index contributed by atoms with van der Waals surface area (Å²) in [5, 5.41) is 5.09. The molecule has 0 bridgehead atoms. The zero-order chi connectivity index (χ0) is 20.8. The van der Waals surface area contributed by atoms with Crippen LogP contribution in [0.1, 0.15) is 37.1 Å². The predicted octanol–water partition coefficient (Wildman–Crippen LogP) is 4.14. The minimum absolute atomic E-state index is 0.0331. The van der Waals surface area contributed by atoms with Crippen LogP contribution in [0, 0.1) is 12.8 Å². The maximum absolute atomic E-state index is 12.9. The lowest BCUT2D eigenvalue weighted by Gasteiger charge is -2.34. The van der Waals surface area contributed by atoms with E-state index in [1.807, 2.05) is 35.2 Å². The number of anilines is 1. The molecule has 1 aliphatic rings. The van der Waals surface area contributed by atoms with E-state index < -0.39 is 0 Å². The van der Waals surface area contributed by atoms with Crippen molar-refractivity contribution < 1.29 is 9.59 Å². The van der Waals surface area contributed by atoms with Gasteiger partial charge >= 0.3 is 0 Å². The number of para-hydroxylation sites is 1. The summed E-state index contributed by atoms with van der Waals surface area (Å²) < 4.78 is 0. The summed E-state index contributed by atoms with van der Waals surface area (Å²) in [5.74, 6) is 0.185. The molecule has 1 aromatic carbocycles. The van der Waals surface area contributed by atoms with E-state index in [1.54, 1.807) is 11.3 Å². The Labute approximate surface area is 177 Å². The molecule has 2 aromatic rings. The summed E-state index contributed by atoms with van der Waals surface area (Å²) in [6, 6.07) is 12.0. The molecule has 0 radical (unpaired) electrons. The van der Waals surface area contributed by atoms with Crippen LogP contribution in [0.25, 0.3) is 0 Å². The van der Waals surface area contributed by atoms with Crippen LogP contribution in [-0.2, 0) is 16.1 Å². The number of hydrogen-bond donors (Lipinski definition) is 1. The molecule has 6 heteroatoms. The number of likely N-dealkylation sites (tertiary alicyclic amines) is 1. The number of benzene rings is 1. The summed E-state index contributed by atoms with van der Waals surface area (Å²) in [4.78, 5) is 30.9. The fraction of sp³-hybridized carbons (Fsp3) is 0.478. The highest BCUT2D eigenvalue weighted by molar-refractivity contribution is 7.10. The molecule has 1 saturated heterocycles. The number of nitrogens with one attached hydrogen (secondary N) is 1. The van der Waals surface area contributed by atoms with Crippen molar-refractivity contribution in [2.45, 2.75) is 46.2 Å². The molecule has 5 nitrogen and oxygen atoms in total. The average Bonchev–Trinajstić information content (AvgIpc) is 3.12. The molecule has 1 fully saturated rings. The van der Waals surface area contributed by atoms with Crippen molar-refractivity contribution in [3.05, 3.63) is 52.2 Å². The number of carbonyl (C=O) groups excluding carboxylic acids is 2. The van der Waals surface area contributed by atoms with E-state index in [-0.39, 0.29) is 17.7 Å². The lowest BCUT2D eigenvalue weighted by atomic mass is 9.95. The van der Waals surface area contributed by atoms with Crippen molar-refractivity contribution in [2.75, 3.05) is 25.0 Å². The molecule has 156 valence electrons. The molecule has 0 saturated carbocycles. The minimum Gasteiger partial charge on any atom is -0.342 e. The number of carbonyl (C=O) groups is 2. The van der Waals surface area contributed by atoms with Crippen LogP contribution in [0.4, 0.5) is 5.69 Å². The van der Waals surface area contributed by atoms with Crippen molar-refractivity contribution in [1.29, 1.82) is 0 Å². The first-order valence-electron chi connectivity index (χ1n) is 10.3. The SMILES string of the molecule is Cc1ccsc1CN(CC(=O)N1CCC(C(=O)Nc2ccccc2)CC1)C(C)C. The lowest BCUT2D eigenvalue weighted by molar-refractivity contribution is -0.136. The van der Waals surface area contributed by atoms with Crippen molar-refractivity contribution in [3.8, 4) is 0 Å². The van der Waals surface area contributed by atoms with E-state index >= 15 is 0 Å². The van der Waals surface area contributed by atoms with Crippen LogP contribution in [0.3, 0.4) is 0 Å². The number of piperidine rings is 1. The zero-order valence-corrected chi connectivity index (χ0v) is 18.4. The second-order valence-corrected chi connectivity index (χ2v) is 9.04. The first kappa shape index (κ1) is 21.5. The molecule has 0 unspecified atom stereocenters. The Morgan fingerprint density at radius 3 is 2.45 bits per heavy atom. The van der Waals surface area contributed by atoms with Crippen LogP contribution in [0.15, 0.2) is 41.8 Å². The number of aryl methyl sites for hydroxylation is 1. The molecule has 0 aliphatic carbocycles. The van der Waals surface area contributed by atoms with E-state index in [2.05, 4.69) is 42.4 Å². The monoisotopic (exact) mass is 413 g/mol. The maximum atomic E-state index is 12.9. The van der Waals surface area contributed by atoms with E-state index in [9.17, 15) is 9.59 Å². The first-order valence-corrected chi connectivity index (χ1v) is 11.2. The van der Waals surface area contributed by atoms with Crippen molar-refractivity contribution >= 4 is 28.8 Å². The van der Waals surface area contributed by atoms with Crippen molar-refractivity contribution in [3.63, 3.8) is 0 Å². The molecule has 2 amide bonds. The van der Waals surface area contributed by atoms with Gasteiger partial charge in [0.05, 0.1) is 6.54 Å². The molecule has 1 aromatic heterocycles. The molecule has 29 heavy (non-hydrogen) atoms. The van der Waals surface area contributed by atoms with Crippen LogP contribution in [0.5, 0.6) is 0 Å². The highest BCUT2D eigenvalue weighted by Crippen LogP contribution is 2.22. The third-order valence-corrected chi connectivity index (χ3v) is 6.65. The molecule has 0 spiro atoms. The number of nitrogens with zero attached hydrogens (tertiary/aromatic N) is 2. The highest BCUT2D eigenvalue weighted by Gasteiger charge is 2.28. The molecule has 1 aliphatic heterocycles. The largest absolute Gasteiger partial charge is 0.342 e. The molecule has 2 heterocycles. The number of amides is 2. The number of rotatable bonds is 7. The van der Waals surface area contributed by atoms with Gasteiger partial charge in [-0.05, 0) is 62.8 Å². The molecule has 3 rings (SSSR count). The molecular weight excluding hydrogens is 382 g/mol. The standard InChI is InChI=1S/C23H31N3O2S/c1-17(2)26(15-21-18(3)11-14-29-21)16-22(27)25-12-9-19(10-13-25)23(28)24-20-7-5-4-6-8-20/h4-8,11,14,17,19H,9-10,12-13,15-16H2,1-3H3,(H,24,28). The normalized spacial score (nSPS) is 15.1. The summed E-state index contributed by atoms with van der Waals surface area (Å²) in [6.07, 6.45) is 1.44. The Morgan fingerprint density at radius 2 is 1.86 bits per heavy atom. The topological polar surface area (TPSA) is 52.7 Å². The summed E-state index contributed by atoms with van der Waals surface area (Å²) in [5.41, 5.74) is 2.12. The Morgan fingerprint density at radius 1 is 1.17 bits per heavy atom. The predicted molar refractivity (Wildman–Crippen MR) is 119 cm³/mol. The van der Waals surface area contributed by atoms with Crippen molar-refractivity contribution in [2.24, 2.45) is 5.92 Å². The molecular formula is C23H31N3O2S. The van der Waals surface area contributed by atoms with Crippen LogP contribution < -0.4 is 5.32 Å². The van der Waals surface area contributed by atoms with E-state index in [0.29, 0.717) is 25.7 Å². The molecule has 0 atom stereocenters. The van der Waals surface area contributed by atoms with Gasteiger partial charge in [-0.3, -0.25) is 14.5 Å². The first-order chi connectivity index (χ1) is 13.9. The number of thiophene rings is 1. The van der Waals surface area contributed by atoms with Gasteiger partial charge in [0.25, 0.3) is 0 Å². The fourth-order valence-electron chi connectivity index (χ4n) is 3.60. The quantitative estimate of drug-likeness (QED) is 0.742. The van der Waals surface area contributed by atoms with Gasteiger partial charge in [0.2, 0.25) is 11.8 Å². The minimum atomic E-state index is -0.0331. The summed E-state index contributed by atoms with van der Waals surface area (Å²) in [7, 11) is 0. The average molecular weight is 414 g/mol. The smallest absolute Gasteiger partial charge is 0.236 e. The Bertz CT molecular complexity index is 811. The second kappa shape index (κ2) is 10.0. The summed E-state index contributed by atoms with van der Waals surface area (Å²) >= 11 is 1.75. The second-order valence-electron chi connectivity index (χ2n) is 8.04. The fourth-order valence-corrected chi connectivity index (χ4v) is 4.53. The van der Waals surface area contributed by atoms with E-state index in [4.69, 9.17) is 0 Å². The van der Waals surface area contributed by atoms with Gasteiger partial charge in [-0.15, -0.1) is 11.3 Å². The van der Waals surface area contributed by atoms with Gasteiger partial charge < -0.3 is 10.2 Å². The maximum Gasteiger partial charge on any atom is 0.236 e. The van der Waals surface area contributed by atoms with Crippen LogP contribution in [-0.4, -0.2) is 47.3 Å². The van der Waals surface area contributed by atoms with Crippen LogP contribution >= 0.6 is 11.3 Å². The third-order valence-electron chi connectivity index (χ3n) is 5.64. The van der Waals surface area contributed by atoms with Gasteiger partial charge in [-0.2, -0.15) is 0 Å². The van der Waals surface area contributed by atoms with Gasteiger partial charge in [0.15, 0.2) is 0 Å². The van der Waals surface area contributed by atoms with Gasteiger partial charge in [0.1, 0.15) is 0 Å². The summed E-state index contributed by atoms with van der Waals surface area (Å²) in [6.45, 7) is 8.92. The Balaban J connectivity index is 1.49. The van der Waals surface area contributed by atoms with E-state index in [1.165, 1.54) is 10.4 Å². The van der Waals surface area contributed by atoms with Crippen molar-refractivity contribution in [1.82, 2.24) is 9.80 Å². The van der Waals surface area contributed by atoms with Crippen LogP contribution in [0.2, 0.25) is 0 Å². The molecule has 1 N–H and O–H groups in total. The van der Waals surface area contributed by atoms with Gasteiger partial charge in [-0.1, -0.05) is 18.2 Å². The highest BCUT2D eigenvalue weighted by atomic mass is 32.1. The lowest BCUT2D eigenvalue weighted by Crippen LogP contribution is -2.46. The third kappa shape index (κ3) is 5.90. The zero-order valence-electron chi connectivity index (χ0n) is 17.6. The van der Waals surface area contributed by atoms with E-state index in [0.717, 1.165) is 25.1 Å². The van der Waals surface area contributed by atoms with Gasteiger partial charge in [-0.25, -0.2) is 0 Å². The Kier molecular flexibility index (Phi) is 7.45. The van der Waals surface area contributed by atoms with Gasteiger partial charge in [0, 0.05) is 42.2 Å². The number of hydrogen-bond acceptors (Lipinski definition) is 4.